The molecular formula is C31H22N2O. The molecule has 7 rings (SSSR count). The number of fused-ring (bicyclic) bond motifs is 7. The second kappa shape index (κ2) is 7.06. The van der Waals surface area contributed by atoms with Crippen LogP contribution < -0.4 is 0 Å². The van der Waals surface area contributed by atoms with Gasteiger partial charge in [-0.1, -0.05) is 66.7 Å². The van der Waals surface area contributed by atoms with Gasteiger partial charge in [-0.2, -0.15) is 0 Å². The third kappa shape index (κ3) is 2.55. The van der Waals surface area contributed by atoms with E-state index < -0.39 is 0 Å². The SMILES string of the molecule is CCn1c2ccccc2c2cc3cc4c([nH]c5ccccc54)c(C(=O)c4ccccc4)c3cc21. The third-order valence-corrected chi connectivity index (χ3v) is 7.09. The molecular weight excluding hydrogens is 416 g/mol. The first kappa shape index (κ1) is 19.1. The summed E-state index contributed by atoms with van der Waals surface area (Å²) in [5.74, 6) is 0.0428. The van der Waals surface area contributed by atoms with Crippen LogP contribution in [0.5, 0.6) is 0 Å². The summed E-state index contributed by atoms with van der Waals surface area (Å²) < 4.78 is 2.34. The Hall–Kier alpha value is -4.37. The van der Waals surface area contributed by atoms with Gasteiger partial charge < -0.3 is 9.55 Å². The van der Waals surface area contributed by atoms with Gasteiger partial charge in [0.05, 0.1) is 11.1 Å². The number of carbonyl (C=O) groups is 1. The van der Waals surface area contributed by atoms with Crippen LogP contribution in [-0.4, -0.2) is 15.3 Å². The summed E-state index contributed by atoms with van der Waals surface area (Å²) in [6, 6.07) is 33.2. The third-order valence-electron chi connectivity index (χ3n) is 7.09. The van der Waals surface area contributed by atoms with Crippen molar-refractivity contribution in [2.75, 3.05) is 0 Å². The lowest BCUT2D eigenvalue weighted by Gasteiger charge is -2.11. The molecule has 0 atom stereocenters. The Morgan fingerprint density at radius 2 is 1.41 bits per heavy atom. The van der Waals surface area contributed by atoms with E-state index in [0.29, 0.717) is 5.56 Å². The molecule has 2 aromatic heterocycles. The molecule has 3 heteroatoms. The molecule has 0 saturated heterocycles. The van der Waals surface area contributed by atoms with Crippen LogP contribution in [0.15, 0.2) is 97.1 Å². The molecule has 0 fully saturated rings. The van der Waals surface area contributed by atoms with Gasteiger partial charge in [-0.3, -0.25) is 4.79 Å². The van der Waals surface area contributed by atoms with Gasteiger partial charge in [-0.25, -0.2) is 0 Å². The highest BCUT2D eigenvalue weighted by Gasteiger charge is 2.21. The van der Waals surface area contributed by atoms with E-state index in [1.807, 2.05) is 36.4 Å². The molecule has 2 heterocycles. The van der Waals surface area contributed by atoms with E-state index in [9.17, 15) is 4.79 Å². The van der Waals surface area contributed by atoms with Crippen molar-refractivity contribution in [3.8, 4) is 0 Å². The number of H-pyrrole nitrogens is 1. The number of aromatic nitrogens is 2. The van der Waals surface area contributed by atoms with Crippen molar-refractivity contribution in [3.63, 3.8) is 0 Å². The minimum Gasteiger partial charge on any atom is -0.354 e. The zero-order valence-corrected chi connectivity index (χ0v) is 18.8. The summed E-state index contributed by atoms with van der Waals surface area (Å²) in [4.78, 5) is 17.6. The number of nitrogens with zero attached hydrogens (tertiary/aromatic N) is 1. The fourth-order valence-electron chi connectivity index (χ4n) is 5.56. The molecule has 3 nitrogen and oxygen atoms in total. The van der Waals surface area contributed by atoms with E-state index in [1.54, 1.807) is 0 Å². The van der Waals surface area contributed by atoms with E-state index in [1.165, 1.54) is 16.3 Å². The lowest BCUT2D eigenvalue weighted by Crippen LogP contribution is -2.04. The molecule has 0 radical (unpaired) electrons. The number of aryl methyl sites for hydroxylation is 1. The number of para-hydroxylation sites is 2. The van der Waals surface area contributed by atoms with Crippen molar-refractivity contribution in [2.45, 2.75) is 13.5 Å². The van der Waals surface area contributed by atoms with Crippen molar-refractivity contribution >= 4 is 60.2 Å². The van der Waals surface area contributed by atoms with E-state index >= 15 is 0 Å². The van der Waals surface area contributed by atoms with Crippen LogP contribution >= 0.6 is 0 Å². The Morgan fingerprint density at radius 3 is 2.24 bits per heavy atom. The molecule has 0 aliphatic carbocycles. The molecule has 0 spiro atoms. The first-order chi connectivity index (χ1) is 16.7. The fraction of sp³-hybridized carbons (Fsp3) is 0.0645. The maximum atomic E-state index is 14.0. The quantitative estimate of drug-likeness (QED) is 0.280. The monoisotopic (exact) mass is 438 g/mol. The molecule has 162 valence electrons. The van der Waals surface area contributed by atoms with Gasteiger partial charge in [0, 0.05) is 50.2 Å². The van der Waals surface area contributed by atoms with Crippen LogP contribution in [0.1, 0.15) is 22.8 Å². The van der Waals surface area contributed by atoms with Gasteiger partial charge in [0.1, 0.15) is 0 Å². The summed E-state index contributed by atoms with van der Waals surface area (Å²) in [6.07, 6.45) is 0. The number of aromatic amines is 1. The van der Waals surface area contributed by atoms with Crippen molar-refractivity contribution in [1.29, 1.82) is 0 Å². The van der Waals surface area contributed by atoms with Gasteiger partial charge in [0.25, 0.3) is 0 Å². The first-order valence-electron chi connectivity index (χ1n) is 11.7. The lowest BCUT2D eigenvalue weighted by molar-refractivity contribution is 0.104. The topological polar surface area (TPSA) is 37.8 Å². The minimum atomic E-state index is 0.0428. The summed E-state index contributed by atoms with van der Waals surface area (Å²) in [5.41, 5.74) is 5.77. The smallest absolute Gasteiger partial charge is 0.195 e. The Bertz CT molecular complexity index is 1900. The maximum Gasteiger partial charge on any atom is 0.195 e. The average Bonchev–Trinajstić information content (AvgIpc) is 3.41. The van der Waals surface area contributed by atoms with Crippen LogP contribution in [0.3, 0.4) is 0 Å². The highest BCUT2D eigenvalue weighted by Crippen LogP contribution is 2.39. The Labute approximate surface area is 196 Å². The van der Waals surface area contributed by atoms with Gasteiger partial charge in [0.2, 0.25) is 0 Å². The fourth-order valence-corrected chi connectivity index (χ4v) is 5.56. The molecule has 0 amide bonds. The van der Waals surface area contributed by atoms with Crippen LogP contribution in [-0.2, 0) is 6.54 Å². The van der Waals surface area contributed by atoms with Gasteiger partial charge in [0.15, 0.2) is 5.78 Å². The number of hydrogen-bond acceptors (Lipinski definition) is 1. The predicted molar refractivity (Wildman–Crippen MR) is 142 cm³/mol. The minimum absolute atomic E-state index is 0.0428. The normalized spacial score (nSPS) is 11.9. The molecule has 7 aromatic rings. The van der Waals surface area contributed by atoms with Crippen molar-refractivity contribution in [2.24, 2.45) is 0 Å². The molecule has 0 saturated carbocycles. The number of benzene rings is 5. The summed E-state index contributed by atoms with van der Waals surface area (Å²) in [6.45, 7) is 3.04. The molecule has 34 heavy (non-hydrogen) atoms. The van der Waals surface area contributed by atoms with Crippen LogP contribution in [0.2, 0.25) is 0 Å². The molecule has 0 unspecified atom stereocenters. The lowest BCUT2D eigenvalue weighted by atomic mass is 9.93. The van der Waals surface area contributed by atoms with Crippen LogP contribution in [0, 0.1) is 0 Å². The summed E-state index contributed by atoms with van der Waals surface area (Å²) in [5, 5.41) is 6.76. The number of carbonyl (C=O) groups excluding carboxylic acids is 1. The predicted octanol–water partition coefficient (Wildman–Crippen LogP) is 7.83. The standard InChI is InChI=1S/C31H22N2O/c1-2-33-27-15-9-7-13-22(27)24-16-20-17-25-21-12-6-8-14-26(21)32-30(25)29(23(20)18-28(24)33)31(34)19-10-4-3-5-11-19/h3-18,32H,2H2,1H3. The van der Waals surface area contributed by atoms with E-state index in [2.05, 4.69) is 77.1 Å². The maximum absolute atomic E-state index is 14.0. The Balaban J connectivity index is 1.69. The highest BCUT2D eigenvalue weighted by molar-refractivity contribution is 6.28. The van der Waals surface area contributed by atoms with Gasteiger partial charge in [-0.05, 0) is 48.0 Å². The number of ketones is 1. The second-order valence-corrected chi connectivity index (χ2v) is 8.89. The molecule has 5 aromatic carbocycles. The average molecular weight is 439 g/mol. The number of hydrogen-bond donors (Lipinski definition) is 1. The van der Waals surface area contributed by atoms with E-state index in [-0.39, 0.29) is 5.78 Å². The highest BCUT2D eigenvalue weighted by atomic mass is 16.1. The van der Waals surface area contributed by atoms with E-state index in [4.69, 9.17) is 0 Å². The van der Waals surface area contributed by atoms with Gasteiger partial charge >= 0.3 is 0 Å². The van der Waals surface area contributed by atoms with Crippen molar-refractivity contribution < 1.29 is 4.79 Å². The molecule has 0 aliphatic rings. The second-order valence-electron chi connectivity index (χ2n) is 8.89. The molecule has 0 aliphatic heterocycles. The zero-order chi connectivity index (χ0) is 22.8. The summed E-state index contributed by atoms with van der Waals surface area (Å²) in [7, 11) is 0. The zero-order valence-electron chi connectivity index (χ0n) is 18.8. The Kier molecular flexibility index (Phi) is 3.97. The van der Waals surface area contributed by atoms with Crippen LogP contribution in [0.4, 0.5) is 0 Å². The van der Waals surface area contributed by atoms with Crippen LogP contribution in [0.25, 0.3) is 54.4 Å². The Morgan fingerprint density at radius 1 is 0.706 bits per heavy atom. The molecule has 0 bridgehead atoms. The number of rotatable bonds is 3. The van der Waals surface area contributed by atoms with Gasteiger partial charge in [-0.15, -0.1) is 0 Å². The first-order valence-corrected chi connectivity index (χ1v) is 11.7. The van der Waals surface area contributed by atoms with Crippen molar-refractivity contribution in [1.82, 2.24) is 9.55 Å². The number of nitrogens with one attached hydrogen (secondary N) is 1. The summed E-state index contributed by atoms with van der Waals surface area (Å²) >= 11 is 0. The van der Waals surface area contributed by atoms with Crippen molar-refractivity contribution in [3.05, 3.63) is 108 Å². The van der Waals surface area contributed by atoms with E-state index in [0.717, 1.165) is 50.2 Å². The largest absolute Gasteiger partial charge is 0.354 e. The molecule has 1 N–H and O–H groups in total.